The molecule has 0 radical (unpaired) electrons. The number of carbonyl (C=O) groups excluding carboxylic acids is 1. The first-order valence-corrected chi connectivity index (χ1v) is 5.19. The molecule has 0 bridgehead atoms. The van der Waals surface area contributed by atoms with Gasteiger partial charge in [-0.25, -0.2) is 0 Å². The molecule has 1 aromatic heterocycles. The summed E-state index contributed by atoms with van der Waals surface area (Å²) in [5, 5.41) is 12.4. The van der Waals surface area contributed by atoms with Crippen molar-refractivity contribution in [1.29, 1.82) is 0 Å². The van der Waals surface area contributed by atoms with Crippen LogP contribution in [0.4, 0.5) is 0 Å². The molecule has 1 amide bonds. The largest absolute Gasteiger partial charge is 0.464 e. The zero-order valence-corrected chi connectivity index (χ0v) is 8.69. The summed E-state index contributed by atoms with van der Waals surface area (Å²) in [5.74, 6) is 1.48. The van der Waals surface area contributed by atoms with Crippen LogP contribution in [-0.4, -0.2) is 17.6 Å². The molecule has 2 rings (SSSR count). The minimum absolute atomic E-state index is 0.0392. The highest BCUT2D eigenvalue weighted by Gasteiger charge is 2.29. The molecule has 1 unspecified atom stereocenters. The van der Waals surface area contributed by atoms with E-state index in [1.165, 1.54) is 0 Å². The maximum Gasteiger partial charge on any atom is 0.223 e. The first-order chi connectivity index (χ1) is 7.16. The lowest BCUT2D eigenvalue weighted by molar-refractivity contribution is -0.122. The van der Waals surface area contributed by atoms with Crippen molar-refractivity contribution >= 4 is 5.91 Å². The molecule has 0 spiro atoms. The van der Waals surface area contributed by atoms with Crippen molar-refractivity contribution in [2.24, 2.45) is 5.92 Å². The summed E-state index contributed by atoms with van der Waals surface area (Å²) >= 11 is 0. The number of amides is 1. The van der Waals surface area contributed by atoms with E-state index in [0.29, 0.717) is 5.76 Å². The van der Waals surface area contributed by atoms with Gasteiger partial charge < -0.3 is 14.8 Å². The highest BCUT2D eigenvalue weighted by molar-refractivity contribution is 5.80. The number of aryl methyl sites for hydroxylation is 1. The molecule has 0 saturated heterocycles. The van der Waals surface area contributed by atoms with E-state index in [-0.39, 0.29) is 18.4 Å². The molecule has 1 heterocycles. The fourth-order valence-corrected chi connectivity index (χ4v) is 1.42. The predicted molar refractivity (Wildman–Crippen MR) is 54.1 cm³/mol. The summed E-state index contributed by atoms with van der Waals surface area (Å²) in [6.45, 7) is 2.04. The van der Waals surface area contributed by atoms with Crippen LogP contribution in [0.25, 0.3) is 0 Å². The Morgan fingerprint density at radius 1 is 1.67 bits per heavy atom. The van der Waals surface area contributed by atoms with Gasteiger partial charge in [0.1, 0.15) is 17.6 Å². The van der Waals surface area contributed by atoms with Gasteiger partial charge in [-0.2, -0.15) is 0 Å². The number of hydrogen-bond acceptors (Lipinski definition) is 3. The standard InChI is InChI=1S/C11H15NO3/c1-7-2-5-10(15-7)9(13)6-12-11(14)8-3-4-8/h2,5,8-9,13H,3-4,6H2,1H3,(H,12,14). The first kappa shape index (κ1) is 10.2. The van der Waals surface area contributed by atoms with Crippen molar-refractivity contribution < 1.29 is 14.3 Å². The van der Waals surface area contributed by atoms with Crippen molar-refractivity contribution in [2.45, 2.75) is 25.9 Å². The smallest absolute Gasteiger partial charge is 0.223 e. The maximum atomic E-state index is 11.3. The molecular formula is C11H15NO3. The number of hydrogen-bond donors (Lipinski definition) is 2. The van der Waals surface area contributed by atoms with Crippen LogP contribution in [0.15, 0.2) is 16.5 Å². The second-order valence-electron chi connectivity index (χ2n) is 3.98. The second-order valence-corrected chi connectivity index (χ2v) is 3.98. The van der Waals surface area contributed by atoms with Crippen LogP contribution in [0, 0.1) is 12.8 Å². The average molecular weight is 209 g/mol. The summed E-state index contributed by atoms with van der Waals surface area (Å²) in [7, 11) is 0. The van der Waals surface area contributed by atoms with Gasteiger partial charge in [0.05, 0.1) is 6.54 Å². The van der Waals surface area contributed by atoms with Crippen molar-refractivity contribution in [3.8, 4) is 0 Å². The predicted octanol–water partition coefficient (Wildman–Crippen LogP) is 1.15. The number of furan rings is 1. The number of nitrogens with one attached hydrogen (secondary N) is 1. The summed E-state index contributed by atoms with van der Waals surface area (Å²) in [5.41, 5.74) is 0. The molecule has 0 aliphatic heterocycles. The SMILES string of the molecule is Cc1ccc(C(O)CNC(=O)C2CC2)o1. The number of aliphatic hydroxyl groups is 1. The van der Waals surface area contributed by atoms with E-state index in [9.17, 15) is 9.90 Å². The van der Waals surface area contributed by atoms with Crippen LogP contribution in [0.5, 0.6) is 0 Å². The monoisotopic (exact) mass is 209 g/mol. The fourth-order valence-electron chi connectivity index (χ4n) is 1.42. The minimum atomic E-state index is -0.749. The Hall–Kier alpha value is -1.29. The van der Waals surface area contributed by atoms with E-state index in [0.717, 1.165) is 18.6 Å². The number of carbonyl (C=O) groups is 1. The molecule has 4 heteroatoms. The Morgan fingerprint density at radius 2 is 2.40 bits per heavy atom. The van der Waals surface area contributed by atoms with Crippen molar-refractivity contribution in [3.63, 3.8) is 0 Å². The first-order valence-electron chi connectivity index (χ1n) is 5.19. The van der Waals surface area contributed by atoms with E-state index in [4.69, 9.17) is 4.42 Å². The van der Waals surface area contributed by atoms with Gasteiger partial charge in [0.15, 0.2) is 0 Å². The average Bonchev–Trinajstić information content (AvgIpc) is 2.97. The van der Waals surface area contributed by atoms with Crippen LogP contribution < -0.4 is 5.32 Å². The second kappa shape index (κ2) is 4.06. The normalized spacial score (nSPS) is 17.5. The number of rotatable bonds is 4. The highest BCUT2D eigenvalue weighted by atomic mass is 16.4. The van der Waals surface area contributed by atoms with Gasteiger partial charge in [-0.05, 0) is 31.9 Å². The minimum Gasteiger partial charge on any atom is -0.464 e. The molecule has 1 atom stereocenters. The van der Waals surface area contributed by atoms with E-state index in [1.54, 1.807) is 12.1 Å². The van der Waals surface area contributed by atoms with Crippen LogP contribution in [0.1, 0.15) is 30.5 Å². The van der Waals surface area contributed by atoms with Gasteiger partial charge in [0.25, 0.3) is 0 Å². The summed E-state index contributed by atoms with van der Waals surface area (Å²) < 4.78 is 5.25. The lowest BCUT2D eigenvalue weighted by atomic mass is 10.2. The molecule has 1 saturated carbocycles. The van der Waals surface area contributed by atoms with Crippen LogP contribution in [-0.2, 0) is 4.79 Å². The molecule has 0 aromatic carbocycles. The van der Waals surface area contributed by atoms with Gasteiger partial charge in [-0.1, -0.05) is 0 Å². The van der Waals surface area contributed by atoms with Crippen LogP contribution in [0.3, 0.4) is 0 Å². The van der Waals surface area contributed by atoms with Crippen LogP contribution in [0.2, 0.25) is 0 Å². The van der Waals surface area contributed by atoms with Gasteiger partial charge >= 0.3 is 0 Å². The zero-order valence-electron chi connectivity index (χ0n) is 8.69. The quantitative estimate of drug-likeness (QED) is 0.781. The van der Waals surface area contributed by atoms with Gasteiger partial charge in [-0.15, -0.1) is 0 Å². The van der Waals surface area contributed by atoms with Gasteiger partial charge in [-0.3, -0.25) is 4.79 Å². The highest BCUT2D eigenvalue weighted by Crippen LogP contribution is 2.28. The van der Waals surface area contributed by atoms with E-state index >= 15 is 0 Å². The molecule has 15 heavy (non-hydrogen) atoms. The Labute approximate surface area is 88.3 Å². The summed E-state index contributed by atoms with van der Waals surface area (Å²) in [4.78, 5) is 11.3. The third-order valence-electron chi connectivity index (χ3n) is 2.51. The molecule has 1 aromatic rings. The van der Waals surface area contributed by atoms with E-state index < -0.39 is 6.10 Å². The van der Waals surface area contributed by atoms with Gasteiger partial charge in [0, 0.05) is 5.92 Å². The van der Waals surface area contributed by atoms with Crippen molar-refractivity contribution in [1.82, 2.24) is 5.32 Å². The van der Waals surface area contributed by atoms with Crippen molar-refractivity contribution in [3.05, 3.63) is 23.7 Å². The van der Waals surface area contributed by atoms with E-state index in [2.05, 4.69) is 5.32 Å². The van der Waals surface area contributed by atoms with E-state index in [1.807, 2.05) is 6.92 Å². The molecule has 1 aliphatic rings. The summed E-state index contributed by atoms with van der Waals surface area (Å²) in [6, 6.07) is 3.52. The Bertz CT molecular complexity index is 354. The Balaban J connectivity index is 1.81. The molecule has 1 fully saturated rings. The molecule has 82 valence electrons. The lowest BCUT2D eigenvalue weighted by Crippen LogP contribution is -2.29. The third-order valence-corrected chi connectivity index (χ3v) is 2.51. The topological polar surface area (TPSA) is 62.5 Å². The Kier molecular flexibility index (Phi) is 2.77. The van der Waals surface area contributed by atoms with Crippen molar-refractivity contribution in [2.75, 3.05) is 6.54 Å². The maximum absolute atomic E-state index is 11.3. The van der Waals surface area contributed by atoms with Crippen LogP contribution >= 0.6 is 0 Å². The molecule has 1 aliphatic carbocycles. The molecule has 4 nitrogen and oxygen atoms in total. The molecular weight excluding hydrogens is 194 g/mol. The molecule has 2 N–H and O–H groups in total. The Morgan fingerprint density at radius 3 is 2.93 bits per heavy atom. The van der Waals surface area contributed by atoms with Gasteiger partial charge in [0.2, 0.25) is 5.91 Å². The number of aliphatic hydroxyl groups excluding tert-OH is 1. The zero-order chi connectivity index (χ0) is 10.8. The summed E-state index contributed by atoms with van der Waals surface area (Å²) in [6.07, 6.45) is 1.20. The lowest BCUT2D eigenvalue weighted by Gasteiger charge is -2.08. The third kappa shape index (κ3) is 2.59. The fraction of sp³-hybridized carbons (Fsp3) is 0.545.